The highest BCUT2D eigenvalue weighted by atomic mass is 35.5. The zero-order chi connectivity index (χ0) is 10.9. The summed E-state index contributed by atoms with van der Waals surface area (Å²) in [4.78, 5) is 20.8. The second-order valence-corrected chi connectivity index (χ2v) is 3.09. The van der Waals surface area contributed by atoms with Gasteiger partial charge in [-0.3, -0.25) is 14.9 Å². The number of carbonyl (C=O) groups excluding carboxylic acids is 1. The number of nitrogen functional groups attached to an aromatic ring is 1. The molecule has 0 atom stereocenters. The Bertz CT molecular complexity index is 417. The Labute approximate surface area is 84.6 Å². The minimum absolute atomic E-state index is 0.0334. The Morgan fingerprint density at radius 2 is 2.14 bits per heavy atom. The largest absolute Gasteiger partial charge is 0.397 e. The van der Waals surface area contributed by atoms with Crippen molar-refractivity contribution in [2.45, 2.75) is 6.92 Å². The van der Waals surface area contributed by atoms with Gasteiger partial charge in [0.25, 0.3) is 5.69 Å². The van der Waals surface area contributed by atoms with Crippen LogP contribution in [0.25, 0.3) is 0 Å². The van der Waals surface area contributed by atoms with E-state index in [4.69, 9.17) is 17.3 Å². The summed E-state index contributed by atoms with van der Waals surface area (Å²) in [5.41, 5.74) is 5.27. The summed E-state index contributed by atoms with van der Waals surface area (Å²) in [7, 11) is 0. The number of nitrogens with zero attached hydrogens (tertiary/aromatic N) is 1. The number of halogens is 1. The Morgan fingerprint density at radius 1 is 1.57 bits per heavy atom. The van der Waals surface area contributed by atoms with E-state index in [1.165, 1.54) is 6.92 Å². The van der Waals surface area contributed by atoms with Crippen LogP contribution in [-0.2, 0) is 0 Å². The van der Waals surface area contributed by atoms with E-state index in [2.05, 4.69) is 0 Å². The average molecular weight is 215 g/mol. The first kappa shape index (κ1) is 10.5. The van der Waals surface area contributed by atoms with Crippen molar-refractivity contribution in [1.29, 1.82) is 0 Å². The lowest BCUT2D eigenvalue weighted by Crippen LogP contribution is -2.00. The molecule has 1 aromatic carbocycles. The SMILES string of the molecule is CC(=O)c1cc([N+](=O)[O-])cc(N)c1Cl. The summed E-state index contributed by atoms with van der Waals surface area (Å²) in [6.07, 6.45) is 0. The zero-order valence-electron chi connectivity index (χ0n) is 7.28. The third kappa shape index (κ3) is 1.82. The summed E-state index contributed by atoms with van der Waals surface area (Å²) in [5, 5.41) is 10.5. The van der Waals surface area contributed by atoms with Crippen LogP contribution in [0.1, 0.15) is 17.3 Å². The van der Waals surface area contributed by atoms with Crippen LogP contribution < -0.4 is 5.73 Å². The maximum absolute atomic E-state index is 11.0. The second kappa shape index (κ2) is 3.63. The van der Waals surface area contributed by atoms with Gasteiger partial charge in [-0.15, -0.1) is 0 Å². The van der Waals surface area contributed by atoms with Gasteiger partial charge in [-0.05, 0) is 6.92 Å². The van der Waals surface area contributed by atoms with E-state index in [1.54, 1.807) is 0 Å². The molecule has 0 aliphatic carbocycles. The van der Waals surface area contributed by atoms with Crippen LogP contribution in [0, 0.1) is 10.1 Å². The monoisotopic (exact) mass is 214 g/mol. The summed E-state index contributed by atoms with van der Waals surface area (Å²) in [5.74, 6) is -0.356. The number of nitro benzene ring substituents is 1. The van der Waals surface area contributed by atoms with Crippen molar-refractivity contribution in [2.75, 3.05) is 5.73 Å². The van der Waals surface area contributed by atoms with E-state index in [-0.39, 0.29) is 27.7 Å². The van der Waals surface area contributed by atoms with Crippen LogP contribution >= 0.6 is 11.6 Å². The summed E-state index contributed by atoms with van der Waals surface area (Å²) >= 11 is 5.70. The molecule has 0 spiro atoms. The average Bonchev–Trinajstić information content (AvgIpc) is 2.08. The predicted molar refractivity (Wildman–Crippen MR) is 52.5 cm³/mol. The van der Waals surface area contributed by atoms with Crippen molar-refractivity contribution < 1.29 is 9.72 Å². The highest BCUT2D eigenvalue weighted by Crippen LogP contribution is 2.29. The van der Waals surface area contributed by atoms with Crippen molar-refractivity contribution in [3.63, 3.8) is 0 Å². The van der Waals surface area contributed by atoms with E-state index < -0.39 is 4.92 Å². The fourth-order valence-electron chi connectivity index (χ4n) is 0.993. The van der Waals surface area contributed by atoms with Crippen LogP contribution in [0.2, 0.25) is 5.02 Å². The molecule has 5 nitrogen and oxygen atoms in total. The van der Waals surface area contributed by atoms with E-state index in [1.807, 2.05) is 0 Å². The number of nitro groups is 1. The fraction of sp³-hybridized carbons (Fsp3) is 0.125. The Hall–Kier alpha value is -1.62. The van der Waals surface area contributed by atoms with Crippen molar-refractivity contribution >= 4 is 28.8 Å². The predicted octanol–water partition coefficient (Wildman–Crippen LogP) is 2.03. The molecular weight excluding hydrogens is 208 g/mol. The number of Topliss-reactive ketones (excluding diaryl/α,β-unsaturated/α-hetero) is 1. The first-order valence-corrected chi connectivity index (χ1v) is 4.05. The number of carbonyl (C=O) groups is 1. The topological polar surface area (TPSA) is 86.2 Å². The number of ketones is 1. The molecule has 0 saturated heterocycles. The number of rotatable bonds is 2. The first-order valence-electron chi connectivity index (χ1n) is 3.68. The van der Waals surface area contributed by atoms with Crippen molar-refractivity contribution in [1.82, 2.24) is 0 Å². The van der Waals surface area contributed by atoms with E-state index in [9.17, 15) is 14.9 Å². The number of hydrogen-bond acceptors (Lipinski definition) is 4. The highest BCUT2D eigenvalue weighted by Gasteiger charge is 2.15. The summed E-state index contributed by atoms with van der Waals surface area (Å²) in [6.45, 7) is 1.27. The molecule has 6 heteroatoms. The summed E-state index contributed by atoms with van der Waals surface area (Å²) < 4.78 is 0. The molecule has 14 heavy (non-hydrogen) atoms. The molecule has 0 aromatic heterocycles. The summed E-state index contributed by atoms with van der Waals surface area (Å²) in [6, 6.07) is 2.23. The molecule has 1 rings (SSSR count). The molecular formula is C8H7ClN2O3. The second-order valence-electron chi connectivity index (χ2n) is 2.71. The van der Waals surface area contributed by atoms with Gasteiger partial charge in [0.1, 0.15) is 0 Å². The maximum atomic E-state index is 11.0. The van der Waals surface area contributed by atoms with Crippen LogP contribution in [0.4, 0.5) is 11.4 Å². The molecule has 1 aromatic rings. The maximum Gasteiger partial charge on any atom is 0.272 e. The van der Waals surface area contributed by atoms with E-state index in [0.29, 0.717) is 0 Å². The van der Waals surface area contributed by atoms with E-state index in [0.717, 1.165) is 12.1 Å². The lowest BCUT2D eigenvalue weighted by atomic mass is 10.1. The van der Waals surface area contributed by atoms with Crippen LogP contribution in [0.3, 0.4) is 0 Å². The number of hydrogen-bond donors (Lipinski definition) is 1. The molecule has 0 saturated carbocycles. The zero-order valence-corrected chi connectivity index (χ0v) is 8.04. The lowest BCUT2D eigenvalue weighted by molar-refractivity contribution is -0.384. The van der Waals surface area contributed by atoms with Gasteiger partial charge in [-0.2, -0.15) is 0 Å². The van der Waals surface area contributed by atoms with Crippen LogP contribution in [0.5, 0.6) is 0 Å². The van der Waals surface area contributed by atoms with Gasteiger partial charge in [-0.1, -0.05) is 11.6 Å². The quantitative estimate of drug-likeness (QED) is 0.353. The number of anilines is 1. The molecule has 0 radical (unpaired) electrons. The molecule has 0 aliphatic rings. The lowest BCUT2D eigenvalue weighted by Gasteiger charge is -2.02. The smallest absolute Gasteiger partial charge is 0.272 e. The van der Waals surface area contributed by atoms with Crippen LogP contribution in [0.15, 0.2) is 12.1 Å². The van der Waals surface area contributed by atoms with Gasteiger partial charge in [0.05, 0.1) is 15.6 Å². The number of benzene rings is 1. The minimum atomic E-state index is -0.626. The van der Waals surface area contributed by atoms with Gasteiger partial charge in [-0.25, -0.2) is 0 Å². The standard InChI is InChI=1S/C8H7ClN2O3/c1-4(12)6-2-5(11(13)14)3-7(10)8(6)9/h2-3H,10H2,1H3. The number of nitrogens with two attached hydrogens (primary N) is 1. The van der Waals surface area contributed by atoms with Gasteiger partial charge in [0.2, 0.25) is 0 Å². The molecule has 0 unspecified atom stereocenters. The Kier molecular flexibility index (Phi) is 2.71. The first-order chi connectivity index (χ1) is 6.43. The van der Waals surface area contributed by atoms with Crippen molar-refractivity contribution in [3.05, 3.63) is 32.8 Å². The minimum Gasteiger partial charge on any atom is -0.397 e. The van der Waals surface area contributed by atoms with Gasteiger partial charge < -0.3 is 5.73 Å². The molecule has 0 aliphatic heterocycles. The molecule has 0 bridgehead atoms. The van der Waals surface area contributed by atoms with Gasteiger partial charge in [0.15, 0.2) is 5.78 Å². The molecule has 0 heterocycles. The van der Waals surface area contributed by atoms with E-state index >= 15 is 0 Å². The highest BCUT2D eigenvalue weighted by molar-refractivity contribution is 6.36. The number of non-ortho nitro benzene ring substituents is 1. The Morgan fingerprint density at radius 3 is 2.57 bits per heavy atom. The molecule has 74 valence electrons. The van der Waals surface area contributed by atoms with Crippen molar-refractivity contribution in [2.24, 2.45) is 0 Å². The molecule has 2 N–H and O–H groups in total. The Balaban J connectivity index is 3.43. The molecule has 0 fully saturated rings. The van der Waals surface area contributed by atoms with Crippen molar-refractivity contribution in [3.8, 4) is 0 Å². The van der Waals surface area contributed by atoms with Gasteiger partial charge in [0, 0.05) is 17.7 Å². The van der Waals surface area contributed by atoms with Gasteiger partial charge >= 0.3 is 0 Å². The molecule has 0 amide bonds. The third-order valence-corrected chi connectivity index (χ3v) is 2.10. The normalized spacial score (nSPS) is 9.86. The van der Waals surface area contributed by atoms with Crippen LogP contribution in [-0.4, -0.2) is 10.7 Å². The third-order valence-electron chi connectivity index (χ3n) is 1.68. The fourth-order valence-corrected chi connectivity index (χ4v) is 1.23.